The van der Waals surface area contributed by atoms with E-state index in [9.17, 15) is 0 Å². The molecule has 2 N–H and O–H groups in total. The van der Waals surface area contributed by atoms with Crippen LogP contribution >= 0.6 is 0 Å². The van der Waals surface area contributed by atoms with Crippen molar-refractivity contribution >= 4 is 0 Å². The standard InChI is InChI=1S/C12H25NO/c1-10(2)5-3-7-12(13)11-6-4-8-14-9-11/h10-12H,3-9,13H2,1-2H3. The number of rotatable bonds is 5. The molecule has 2 nitrogen and oxygen atoms in total. The summed E-state index contributed by atoms with van der Waals surface area (Å²) in [7, 11) is 0. The van der Waals surface area contributed by atoms with Crippen molar-refractivity contribution in [2.75, 3.05) is 13.2 Å². The number of nitrogens with two attached hydrogens (primary N) is 1. The van der Waals surface area contributed by atoms with Crippen LogP contribution < -0.4 is 5.73 Å². The highest BCUT2D eigenvalue weighted by molar-refractivity contribution is 4.75. The lowest BCUT2D eigenvalue weighted by molar-refractivity contribution is 0.0434. The summed E-state index contributed by atoms with van der Waals surface area (Å²) in [5.74, 6) is 1.43. The Morgan fingerprint density at radius 2 is 2.14 bits per heavy atom. The lowest BCUT2D eigenvalue weighted by Crippen LogP contribution is -2.35. The molecule has 2 unspecified atom stereocenters. The first kappa shape index (κ1) is 12.0. The van der Waals surface area contributed by atoms with Crippen molar-refractivity contribution in [3.63, 3.8) is 0 Å². The number of hydrogen-bond acceptors (Lipinski definition) is 2. The Balaban J connectivity index is 2.10. The predicted molar refractivity (Wildman–Crippen MR) is 60.2 cm³/mol. The van der Waals surface area contributed by atoms with Crippen molar-refractivity contribution < 1.29 is 4.74 Å². The van der Waals surface area contributed by atoms with Gasteiger partial charge in [-0.3, -0.25) is 0 Å². The molecule has 0 aromatic rings. The van der Waals surface area contributed by atoms with E-state index in [0.29, 0.717) is 12.0 Å². The second kappa shape index (κ2) is 6.41. The van der Waals surface area contributed by atoms with Gasteiger partial charge in [0.2, 0.25) is 0 Å². The van der Waals surface area contributed by atoms with Gasteiger partial charge < -0.3 is 10.5 Å². The minimum atomic E-state index is 0.369. The van der Waals surface area contributed by atoms with Gasteiger partial charge in [-0.1, -0.05) is 26.7 Å². The zero-order valence-electron chi connectivity index (χ0n) is 9.67. The molecule has 2 atom stereocenters. The molecule has 0 aliphatic carbocycles. The Bertz CT molecular complexity index is 141. The molecule has 14 heavy (non-hydrogen) atoms. The summed E-state index contributed by atoms with van der Waals surface area (Å²) >= 11 is 0. The van der Waals surface area contributed by atoms with Crippen molar-refractivity contribution in [3.05, 3.63) is 0 Å². The normalized spacial score (nSPS) is 25.3. The minimum Gasteiger partial charge on any atom is -0.381 e. The summed E-state index contributed by atoms with van der Waals surface area (Å²) in [6.45, 7) is 6.38. The first-order chi connectivity index (χ1) is 6.70. The van der Waals surface area contributed by atoms with Crippen LogP contribution in [0.3, 0.4) is 0 Å². The van der Waals surface area contributed by atoms with Gasteiger partial charge in [0.05, 0.1) is 6.61 Å². The van der Waals surface area contributed by atoms with Gasteiger partial charge in [-0.2, -0.15) is 0 Å². The van der Waals surface area contributed by atoms with Crippen molar-refractivity contribution in [3.8, 4) is 0 Å². The summed E-state index contributed by atoms with van der Waals surface area (Å²) in [5.41, 5.74) is 6.15. The third kappa shape index (κ3) is 4.43. The molecule has 2 heteroatoms. The van der Waals surface area contributed by atoms with E-state index in [1.54, 1.807) is 0 Å². The van der Waals surface area contributed by atoms with Gasteiger partial charge in [-0.15, -0.1) is 0 Å². The Morgan fingerprint density at radius 1 is 1.36 bits per heavy atom. The maximum Gasteiger partial charge on any atom is 0.0509 e. The predicted octanol–water partition coefficient (Wildman–Crippen LogP) is 2.57. The van der Waals surface area contributed by atoms with Crippen molar-refractivity contribution in [1.29, 1.82) is 0 Å². The Hall–Kier alpha value is -0.0800. The van der Waals surface area contributed by atoms with E-state index in [1.807, 2.05) is 0 Å². The van der Waals surface area contributed by atoms with E-state index in [0.717, 1.165) is 19.1 Å². The number of ether oxygens (including phenoxy) is 1. The van der Waals surface area contributed by atoms with Crippen molar-refractivity contribution in [2.24, 2.45) is 17.6 Å². The summed E-state index contributed by atoms with van der Waals surface area (Å²) < 4.78 is 5.45. The van der Waals surface area contributed by atoms with Crippen LogP contribution in [-0.2, 0) is 4.74 Å². The Labute approximate surface area is 88.2 Å². The number of hydrogen-bond donors (Lipinski definition) is 1. The van der Waals surface area contributed by atoms with Gasteiger partial charge in [0, 0.05) is 12.6 Å². The molecule has 1 fully saturated rings. The SMILES string of the molecule is CC(C)CCCC(N)C1CCCOC1. The fraction of sp³-hybridized carbons (Fsp3) is 1.00. The third-order valence-electron chi connectivity index (χ3n) is 3.12. The first-order valence-electron chi connectivity index (χ1n) is 6.03. The van der Waals surface area contributed by atoms with E-state index >= 15 is 0 Å². The highest BCUT2D eigenvalue weighted by Gasteiger charge is 2.20. The van der Waals surface area contributed by atoms with Crippen LogP contribution in [0.1, 0.15) is 46.0 Å². The molecule has 0 spiro atoms. The van der Waals surface area contributed by atoms with E-state index in [4.69, 9.17) is 10.5 Å². The lowest BCUT2D eigenvalue weighted by atomic mass is 9.90. The zero-order valence-corrected chi connectivity index (χ0v) is 9.67. The first-order valence-corrected chi connectivity index (χ1v) is 6.03. The minimum absolute atomic E-state index is 0.369. The molecule has 0 bridgehead atoms. The fourth-order valence-electron chi connectivity index (χ4n) is 2.10. The second-order valence-corrected chi connectivity index (χ2v) is 4.97. The lowest BCUT2D eigenvalue weighted by Gasteiger charge is -2.27. The van der Waals surface area contributed by atoms with Crippen molar-refractivity contribution in [2.45, 2.75) is 52.0 Å². The molecular weight excluding hydrogens is 174 g/mol. The maximum absolute atomic E-state index is 6.15. The molecule has 0 radical (unpaired) electrons. The van der Waals surface area contributed by atoms with Gasteiger partial charge in [-0.05, 0) is 31.1 Å². The van der Waals surface area contributed by atoms with E-state index in [-0.39, 0.29) is 0 Å². The van der Waals surface area contributed by atoms with Crippen molar-refractivity contribution in [1.82, 2.24) is 0 Å². The topological polar surface area (TPSA) is 35.2 Å². The average Bonchev–Trinajstić information content (AvgIpc) is 2.18. The van der Waals surface area contributed by atoms with Gasteiger partial charge in [0.15, 0.2) is 0 Å². The summed E-state index contributed by atoms with van der Waals surface area (Å²) in [6, 6.07) is 0.369. The molecule has 1 saturated heterocycles. The zero-order chi connectivity index (χ0) is 10.4. The fourth-order valence-corrected chi connectivity index (χ4v) is 2.10. The van der Waals surface area contributed by atoms with E-state index < -0.39 is 0 Å². The second-order valence-electron chi connectivity index (χ2n) is 4.97. The largest absolute Gasteiger partial charge is 0.381 e. The van der Waals surface area contributed by atoms with Crippen LogP contribution in [-0.4, -0.2) is 19.3 Å². The molecule has 0 saturated carbocycles. The molecule has 1 rings (SSSR count). The highest BCUT2D eigenvalue weighted by Crippen LogP contribution is 2.20. The molecule has 0 aromatic carbocycles. The molecule has 0 amide bonds. The Morgan fingerprint density at radius 3 is 2.71 bits per heavy atom. The smallest absolute Gasteiger partial charge is 0.0509 e. The molecule has 1 aliphatic rings. The van der Waals surface area contributed by atoms with E-state index in [1.165, 1.54) is 32.1 Å². The summed E-state index contributed by atoms with van der Waals surface area (Å²) in [5, 5.41) is 0. The van der Waals surface area contributed by atoms with Gasteiger partial charge >= 0.3 is 0 Å². The van der Waals surface area contributed by atoms with Crippen LogP contribution in [0.2, 0.25) is 0 Å². The van der Waals surface area contributed by atoms with Crippen LogP contribution in [0.4, 0.5) is 0 Å². The summed E-state index contributed by atoms with van der Waals surface area (Å²) in [6.07, 6.45) is 6.22. The van der Waals surface area contributed by atoms with Crippen LogP contribution in [0.25, 0.3) is 0 Å². The third-order valence-corrected chi connectivity index (χ3v) is 3.12. The maximum atomic E-state index is 6.15. The van der Waals surface area contributed by atoms with Crippen LogP contribution in [0.5, 0.6) is 0 Å². The molecular formula is C12H25NO. The van der Waals surface area contributed by atoms with E-state index in [2.05, 4.69) is 13.8 Å². The highest BCUT2D eigenvalue weighted by atomic mass is 16.5. The average molecular weight is 199 g/mol. The quantitative estimate of drug-likeness (QED) is 0.738. The summed E-state index contributed by atoms with van der Waals surface area (Å²) in [4.78, 5) is 0. The molecule has 0 aromatic heterocycles. The van der Waals surface area contributed by atoms with Gasteiger partial charge in [0.25, 0.3) is 0 Å². The molecule has 84 valence electrons. The van der Waals surface area contributed by atoms with Crippen LogP contribution in [0, 0.1) is 11.8 Å². The molecule has 1 heterocycles. The van der Waals surface area contributed by atoms with Gasteiger partial charge in [-0.25, -0.2) is 0 Å². The van der Waals surface area contributed by atoms with Crippen LogP contribution in [0.15, 0.2) is 0 Å². The van der Waals surface area contributed by atoms with Gasteiger partial charge in [0.1, 0.15) is 0 Å². The monoisotopic (exact) mass is 199 g/mol. The Kier molecular flexibility index (Phi) is 5.49. The molecule has 1 aliphatic heterocycles.